The molecule has 0 radical (unpaired) electrons. The van der Waals surface area contributed by atoms with Crippen LogP contribution in [0.3, 0.4) is 0 Å². The number of aryl methyl sites for hydroxylation is 1. The predicted molar refractivity (Wildman–Crippen MR) is 87.7 cm³/mol. The second kappa shape index (κ2) is 7.61. The molecule has 5 heteroatoms. The van der Waals surface area contributed by atoms with Crippen LogP contribution in [-0.4, -0.2) is 11.8 Å². The summed E-state index contributed by atoms with van der Waals surface area (Å²) < 4.78 is 0. The minimum atomic E-state index is -0.351. The van der Waals surface area contributed by atoms with E-state index in [0.717, 1.165) is 11.1 Å². The van der Waals surface area contributed by atoms with Crippen LogP contribution in [0.5, 0.6) is 0 Å². The Bertz CT molecular complexity index is 672. The van der Waals surface area contributed by atoms with E-state index in [0.29, 0.717) is 17.3 Å². The van der Waals surface area contributed by atoms with Crippen molar-refractivity contribution in [3.63, 3.8) is 0 Å². The minimum absolute atomic E-state index is 0.213. The van der Waals surface area contributed by atoms with Crippen molar-refractivity contribution in [3.05, 3.63) is 64.7 Å². The molecule has 2 aromatic carbocycles. The SMILES string of the molecule is Cc1cc(Cl)ccc1NC(=O)CC(=O)NCc1ccccc1. The summed E-state index contributed by atoms with van der Waals surface area (Å²) in [6.45, 7) is 2.25. The minimum Gasteiger partial charge on any atom is -0.352 e. The zero-order valence-corrected chi connectivity index (χ0v) is 13.0. The van der Waals surface area contributed by atoms with E-state index in [9.17, 15) is 9.59 Å². The van der Waals surface area contributed by atoms with Crippen molar-refractivity contribution < 1.29 is 9.59 Å². The van der Waals surface area contributed by atoms with Crippen LogP contribution >= 0.6 is 11.6 Å². The van der Waals surface area contributed by atoms with Gasteiger partial charge >= 0.3 is 0 Å². The largest absolute Gasteiger partial charge is 0.352 e. The summed E-state index contributed by atoms with van der Waals surface area (Å²) >= 11 is 5.86. The second-order valence-corrected chi connectivity index (χ2v) is 5.38. The molecule has 0 unspecified atom stereocenters. The molecule has 0 aromatic heterocycles. The van der Waals surface area contributed by atoms with Gasteiger partial charge in [-0.05, 0) is 36.2 Å². The van der Waals surface area contributed by atoms with Crippen molar-refractivity contribution >= 4 is 29.1 Å². The Morgan fingerprint density at radius 2 is 1.77 bits per heavy atom. The monoisotopic (exact) mass is 316 g/mol. The number of rotatable bonds is 5. The van der Waals surface area contributed by atoms with E-state index >= 15 is 0 Å². The molecule has 114 valence electrons. The summed E-state index contributed by atoms with van der Waals surface area (Å²) in [6, 6.07) is 14.7. The van der Waals surface area contributed by atoms with E-state index in [1.165, 1.54) is 0 Å². The Morgan fingerprint density at radius 3 is 2.45 bits per heavy atom. The zero-order chi connectivity index (χ0) is 15.9. The van der Waals surface area contributed by atoms with Crippen molar-refractivity contribution in [2.45, 2.75) is 19.9 Å². The third kappa shape index (κ3) is 4.90. The Kier molecular flexibility index (Phi) is 5.55. The van der Waals surface area contributed by atoms with Gasteiger partial charge in [-0.3, -0.25) is 9.59 Å². The highest BCUT2D eigenvalue weighted by Gasteiger charge is 2.10. The number of halogens is 1. The Labute approximate surface area is 134 Å². The number of benzene rings is 2. The van der Waals surface area contributed by atoms with Gasteiger partial charge in [-0.2, -0.15) is 0 Å². The van der Waals surface area contributed by atoms with Crippen LogP contribution in [0, 0.1) is 6.92 Å². The maximum absolute atomic E-state index is 11.9. The van der Waals surface area contributed by atoms with Crippen molar-refractivity contribution in [3.8, 4) is 0 Å². The lowest BCUT2D eigenvalue weighted by Crippen LogP contribution is -2.27. The molecule has 2 rings (SSSR count). The van der Waals surface area contributed by atoms with Gasteiger partial charge in [-0.25, -0.2) is 0 Å². The molecule has 2 N–H and O–H groups in total. The summed E-state index contributed by atoms with van der Waals surface area (Å²) in [5.41, 5.74) is 2.50. The fourth-order valence-electron chi connectivity index (χ4n) is 1.97. The molecule has 2 aromatic rings. The summed E-state index contributed by atoms with van der Waals surface area (Å²) in [7, 11) is 0. The summed E-state index contributed by atoms with van der Waals surface area (Å²) in [5, 5.41) is 6.03. The normalized spacial score (nSPS) is 10.1. The van der Waals surface area contributed by atoms with E-state index in [1.54, 1.807) is 18.2 Å². The van der Waals surface area contributed by atoms with Crippen molar-refractivity contribution in [1.82, 2.24) is 5.32 Å². The lowest BCUT2D eigenvalue weighted by atomic mass is 10.2. The standard InChI is InChI=1S/C17H17ClN2O2/c1-12-9-14(18)7-8-15(12)20-17(22)10-16(21)19-11-13-5-3-2-4-6-13/h2-9H,10-11H2,1H3,(H,19,21)(H,20,22). The molecule has 0 aliphatic rings. The van der Waals surface area contributed by atoms with Crippen LogP contribution in [0.2, 0.25) is 5.02 Å². The lowest BCUT2D eigenvalue weighted by molar-refractivity contribution is -0.126. The van der Waals surface area contributed by atoms with Crippen molar-refractivity contribution in [2.24, 2.45) is 0 Å². The fraction of sp³-hybridized carbons (Fsp3) is 0.176. The molecule has 0 saturated heterocycles. The number of carbonyl (C=O) groups is 2. The quantitative estimate of drug-likeness (QED) is 0.832. The summed E-state index contributed by atoms with van der Waals surface area (Å²) in [4.78, 5) is 23.6. The van der Waals surface area contributed by atoms with Crippen LogP contribution in [-0.2, 0) is 16.1 Å². The first-order chi connectivity index (χ1) is 10.5. The molecule has 0 spiro atoms. The van der Waals surface area contributed by atoms with E-state index in [-0.39, 0.29) is 18.2 Å². The molecule has 0 saturated carbocycles. The van der Waals surface area contributed by atoms with Crippen molar-refractivity contribution in [2.75, 3.05) is 5.32 Å². The third-order valence-electron chi connectivity index (χ3n) is 3.12. The van der Waals surface area contributed by atoms with E-state index in [2.05, 4.69) is 10.6 Å². The molecule has 0 atom stereocenters. The maximum atomic E-state index is 11.9. The lowest BCUT2D eigenvalue weighted by Gasteiger charge is -2.09. The first-order valence-corrected chi connectivity index (χ1v) is 7.29. The van der Waals surface area contributed by atoms with Gasteiger partial charge in [0.2, 0.25) is 11.8 Å². The molecule has 4 nitrogen and oxygen atoms in total. The van der Waals surface area contributed by atoms with E-state index in [1.807, 2.05) is 37.3 Å². The molecule has 22 heavy (non-hydrogen) atoms. The summed E-state index contributed by atoms with van der Waals surface area (Å²) in [5.74, 6) is -0.663. The zero-order valence-electron chi connectivity index (χ0n) is 12.2. The van der Waals surface area contributed by atoms with Crippen LogP contribution in [0.15, 0.2) is 48.5 Å². The molecule has 0 aliphatic carbocycles. The average molecular weight is 317 g/mol. The van der Waals surface area contributed by atoms with Gasteiger partial charge in [0.1, 0.15) is 6.42 Å². The molecule has 0 bridgehead atoms. The Balaban J connectivity index is 1.82. The van der Waals surface area contributed by atoms with Crippen molar-refractivity contribution in [1.29, 1.82) is 0 Å². The smallest absolute Gasteiger partial charge is 0.233 e. The van der Waals surface area contributed by atoms with Crippen LogP contribution in [0.1, 0.15) is 17.5 Å². The van der Waals surface area contributed by atoms with Gasteiger partial charge in [-0.15, -0.1) is 0 Å². The molecular weight excluding hydrogens is 300 g/mol. The first-order valence-electron chi connectivity index (χ1n) is 6.91. The highest BCUT2D eigenvalue weighted by atomic mass is 35.5. The van der Waals surface area contributed by atoms with Crippen LogP contribution in [0.25, 0.3) is 0 Å². The van der Waals surface area contributed by atoms with E-state index < -0.39 is 0 Å². The van der Waals surface area contributed by atoms with Crippen LogP contribution in [0.4, 0.5) is 5.69 Å². The van der Waals surface area contributed by atoms with Gasteiger partial charge in [0.15, 0.2) is 0 Å². The van der Waals surface area contributed by atoms with Crippen LogP contribution < -0.4 is 10.6 Å². The first kappa shape index (κ1) is 16.0. The number of hydrogen-bond donors (Lipinski definition) is 2. The highest BCUT2D eigenvalue weighted by molar-refractivity contribution is 6.30. The molecule has 0 heterocycles. The van der Waals surface area contributed by atoms with Gasteiger partial charge in [0.05, 0.1) is 0 Å². The molecule has 0 aliphatic heterocycles. The molecule has 2 amide bonds. The number of nitrogens with one attached hydrogen (secondary N) is 2. The van der Waals surface area contributed by atoms with Gasteiger partial charge in [-0.1, -0.05) is 41.9 Å². The fourth-order valence-corrected chi connectivity index (χ4v) is 2.19. The Morgan fingerprint density at radius 1 is 1.05 bits per heavy atom. The topological polar surface area (TPSA) is 58.2 Å². The highest BCUT2D eigenvalue weighted by Crippen LogP contribution is 2.19. The number of hydrogen-bond acceptors (Lipinski definition) is 2. The number of amides is 2. The second-order valence-electron chi connectivity index (χ2n) is 4.95. The number of carbonyl (C=O) groups excluding carboxylic acids is 2. The average Bonchev–Trinajstić information content (AvgIpc) is 2.49. The third-order valence-corrected chi connectivity index (χ3v) is 3.35. The van der Waals surface area contributed by atoms with E-state index in [4.69, 9.17) is 11.6 Å². The van der Waals surface area contributed by atoms with Gasteiger partial charge < -0.3 is 10.6 Å². The maximum Gasteiger partial charge on any atom is 0.233 e. The number of anilines is 1. The summed E-state index contributed by atoms with van der Waals surface area (Å²) in [6.07, 6.45) is -0.213. The molecule has 0 fully saturated rings. The predicted octanol–water partition coefficient (Wildman–Crippen LogP) is 3.29. The molecular formula is C17H17ClN2O2. The van der Waals surface area contributed by atoms with Gasteiger partial charge in [0, 0.05) is 17.3 Å². The Hall–Kier alpha value is -2.33. The van der Waals surface area contributed by atoms with Gasteiger partial charge in [0.25, 0.3) is 0 Å².